The SMILES string of the molecule is CC(C)(C)c1cc(NC(=O)CN2CCOC(CN)C2)on1. The molecule has 0 radical (unpaired) electrons. The predicted octanol–water partition coefficient (Wildman–Crippen LogP) is 0.570. The standard InChI is InChI=1S/C14H24N4O3/c1-14(2,3)11-6-13(21-17-11)16-12(19)9-18-4-5-20-10(7-15)8-18/h6,10H,4-5,7-9,15H2,1-3H3,(H,16,19). The highest BCUT2D eigenvalue weighted by Gasteiger charge is 2.23. The Kier molecular flexibility index (Phi) is 4.97. The normalized spacial score (nSPS) is 20.5. The number of carbonyl (C=O) groups excluding carboxylic acids is 1. The maximum Gasteiger partial charge on any atom is 0.240 e. The van der Waals surface area contributed by atoms with Crippen molar-refractivity contribution in [2.75, 3.05) is 38.1 Å². The molecular weight excluding hydrogens is 272 g/mol. The molecule has 0 bridgehead atoms. The fourth-order valence-corrected chi connectivity index (χ4v) is 2.13. The van der Waals surface area contributed by atoms with Crippen LogP contribution in [0.15, 0.2) is 10.6 Å². The van der Waals surface area contributed by atoms with Gasteiger partial charge in [-0.15, -0.1) is 0 Å². The lowest BCUT2D eigenvalue weighted by atomic mass is 9.92. The summed E-state index contributed by atoms with van der Waals surface area (Å²) in [5.74, 6) is 0.262. The van der Waals surface area contributed by atoms with Gasteiger partial charge >= 0.3 is 0 Å². The van der Waals surface area contributed by atoms with Crippen LogP contribution in [0.3, 0.4) is 0 Å². The second-order valence-electron chi connectivity index (χ2n) is 6.34. The third-order valence-electron chi connectivity index (χ3n) is 3.39. The van der Waals surface area contributed by atoms with E-state index in [0.717, 1.165) is 12.2 Å². The molecule has 0 aliphatic carbocycles. The zero-order valence-electron chi connectivity index (χ0n) is 12.9. The number of hydrogen-bond acceptors (Lipinski definition) is 6. The molecule has 1 saturated heterocycles. The summed E-state index contributed by atoms with van der Waals surface area (Å²) in [6.45, 7) is 8.89. The Hall–Kier alpha value is -1.44. The van der Waals surface area contributed by atoms with Crippen molar-refractivity contribution in [2.24, 2.45) is 5.73 Å². The third-order valence-corrected chi connectivity index (χ3v) is 3.39. The van der Waals surface area contributed by atoms with Crippen molar-refractivity contribution < 1.29 is 14.1 Å². The first-order valence-electron chi connectivity index (χ1n) is 7.19. The monoisotopic (exact) mass is 296 g/mol. The predicted molar refractivity (Wildman–Crippen MR) is 79.1 cm³/mol. The van der Waals surface area contributed by atoms with E-state index in [2.05, 4.69) is 10.5 Å². The van der Waals surface area contributed by atoms with Gasteiger partial charge < -0.3 is 15.0 Å². The summed E-state index contributed by atoms with van der Waals surface area (Å²) < 4.78 is 10.6. The van der Waals surface area contributed by atoms with E-state index >= 15 is 0 Å². The molecular formula is C14H24N4O3. The summed E-state index contributed by atoms with van der Waals surface area (Å²) in [5.41, 5.74) is 6.29. The molecule has 1 aliphatic heterocycles. The zero-order chi connectivity index (χ0) is 15.5. The third kappa shape index (κ3) is 4.52. The minimum atomic E-state index is -0.121. The molecule has 7 heteroatoms. The minimum absolute atomic E-state index is 0.00400. The van der Waals surface area contributed by atoms with Gasteiger partial charge in [-0.05, 0) is 0 Å². The number of ether oxygens (including phenoxy) is 1. The highest BCUT2D eigenvalue weighted by molar-refractivity contribution is 5.91. The maximum absolute atomic E-state index is 12.0. The van der Waals surface area contributed by atoms with Crippen LogP contribution in [0.1, 0.15) is 26.5 Å². The van der Waals surface area contributed by atoms with E-state index in [1.165, 1.54) is 0 Å². The summed E-state index contributed by atoms with van der Waals surface area (Å²) in [5, 5.41) is 6.71. The molecule has 21 heavy (non-hydrogen) atoms. The van der Waals surface area contributed by atoms with Crippen molar-refractivity contribution in [3.63, 3.8) is 0 Å². The van der Waals surface area contributed by atoms with Crippen LogP contribution >= 0.6 is 0 Å². The van der Waals surface area contributed by atoms with Gasteiger partial charge in [0.1, 0.15) is 0 Å². The van der Waals surface area contributed by atoms with E-state index in [-0.39, 0.29) is 17.4 Å². The minimum Gasteiger partial charge on any atom is -0.374 e. The van der Waals surface area contributed by atoms with Gasteiger partial charge in [-0.1, -0.05) is 25.9 Å². The van der Waals surface area contributed by atoms with Crippen molar-refractivity contribution in [1.82, 2.24) is 10.1 Å². The smallest absolute Gasteiger partial charge is 0.240 e. The lowest BCUT2D eigenvalue weighted by Gasteiger charge is -2.31. The van der Waals surface area contributed by atoms with Crippen molar-refractivity contribution in [3.8, 4) is 0 Å². The number of hydrogen-bond donors (Lipinski definition) is 2. The average Bonchev–Trinajstić information content (AvgIpc) is 2.87. The topological polar surface area (TPSA) is 93.6 Å². The number of morpholine rings is 1. The maximum atomic E-state index is 12.0. The molecule has 1 aliphatic rings. The van der Waals surface area contributed by atoms with Gasteiger partial charge in [-0.3, -0.25) is 15.0 Å². The number of nitrogens with two attached hydrogens (primary N) is 1. The molecule has 1 atom stereocenters. The summed E-state index contributed by atoms with van der Waals surface area (Å²) in [6.07, 6.45) is 0.00400. The molecule has 118 valence electrons. The fourth-order valence-electron chi connectivity index (χ4n) is 2.13. The van der Waals surface area contributed by atoms with Crippen LogP contribution in [0.5, 0.6) is 0 Å². The number of aromatic nitrogens is 1. The summed E-state index contributed by atoms with van der Waals surface area (Å²) in [7, 11) is 0. The molecule has 1 unspecified atom stereocenters. The van der Waals surface area contributed by atoms with Gasteiger partial charge in [0.05, 0.1) is 24.9 Å². The Morgan fingerprint density at radius 3 is 2.95 bits per heavy atom. The van der Waals surface area contributed by atoms with Gasteiger partial charge in [0.15, 0.2) is 0 Å². The van der Waals surface area contributed by atoms with Crippen LogP contribution in [0, 0.1) is 0 Å². The van der Waals surface area contributed by atoms with Crippen LogP contribution in [-0.4, -0.2) is 54.9 Å². The molecule has 1 aromatic heterocycles. The molecule has 0 saturated carbocycles. The summed E-state index contributed by atoms with van der Waals surface area (Å²) in [4.78, 5) is 14.0. The van der Waals surface area contributed by atoms with Crippen molar-refractivity contribution in [3.05, 3.63) is 11.8 Å². The van der Waals surface area contributed by atoms with Gasteiger partial charge in [0.2, 0.25) is 11.8 Å². The Morgan fingerprint density at radius 1 is 1.57 bits per heavy atom. The van der Waals surface area contributed by atoms with E-state index in [4.69, 9.17) is 15.0 Å². The van der Waals surface area contributed by atoms with Crippen LogP contribution in [0.2, 0.25) is 0 Å². The van der Waals surface area contributed by atoms with Crippen LogP contribution in [0.25, 0.3) is 0 Å². The Bertz CT molecular complexity index is 481. The van der Waals surface area contributed by atoms with Gasteiger partial charge in [0.25, 0.3) is 0 Å². The number of rotatable bonds is 4. The van der Waals surface area contributed by atoms with E-state index < -0.39 is 0 Å². The molecule has 0 aromatic carbocycles. The number of amides is 1. The number of carbonyl (C=O) groups is 1. The van der Waals surface area contributed by atoms with Gasteiger partial charge in [0, 0.05) is 31.1 Å². The zero-order valence-corrected chi connectivity index (χ0v) is 12.9. The summed E-state index contributed by atoms with van der Waals surface area (Å²) >= 11 is 0. The molecule has 0 spiro atoms. The molecule has 2 heterocycles. The molecule has 1 amide bonds. The quantitative estimate of drug-likeness (QED) is 0.843. The first-order chi connectivity index (χ1) is 9.88. The molecule has 7 nitrogen and oxygen atoms in total. The average molecular weight is 296 g/mol. The number of nitrogens with one attached hydrogen (secondary N) is 1. The number of nitrogens with zero attached hydrogens (tertiary/aromatic N) is 2. The lowest BCUT2D eigenvalue weighted by molar-refractivity contribution is -0.119. The number of anilines is 1. The van der Waals surface area contributed by atoms with Crippen molar-refractivity contribution >= 4 is 11.8 Å². The highest BCUT2D eigenvalue weighted by atomic mass is 16.5. The lowest BCUT2D eigenvalue weighted by Crippen LogP contribution is -2.48. The van der Waals surface area contributed by atoms with E-state index in [1.54, 1.807) is 6.07 Å². The van der Waals surface area contributed by atoms with Gasteiger partial charge in [-0.25, -0.2) is 0 Å². The second-order valence-corrected chi connectivity index (χ2v) is 6.34. The van der Waals surface area contributed by atoms with E-state index in [1.807, 2.05) is 25.7 Å². The fraction of sp³-hybridized carbons (Fsp3) is 0.714. The molecule has 1 aromatic rings. The Labute approximate surface area is 124 Å². The molecule has 2 rings (SSSR count). The largest absolute Gasteiger partial charge is 0.374 e. The van der Waals surface area contributed by atoms with Crippen LogP contribution in [-0.2, 0) is 14.9 Å². The second kappa shape index (κ2) is 6.55. The molecule has 3 N–H and O–H groups in total. The Morgan fingerprint density at radius 2 is 2.33 bits per heavy atom. The molecule has 1 fully saturated rings. The Balaban J connectivity index is 1.85. The highest BCUT2D eigenvalue weighted by Crippen LogP contribution is 2.23. The van der Waals surface area contributed by atoms with Crippen LogP contribution in [0.4, 0.5) is 5.88 Å². The van der Waals surface area contributed by atoms with E-state index in [9.17, 15) is 4.79 Å². The van der Waals surface area contributed by atoms with Crippen molar-refractivity contribution in [2.45, 2.75) is 32.3 Å². The van der Waals surface area contributed by atoms with Gasteiger partial charge in [-0.2, -0.15) is 0 Å². The van der Waals surface area contributed by atoms with Crippen LogP contribution < -0.4 is 11.1 Å². The summed E-state index contributed by atoms with van der Waals surface area (Å²) in [6, 6.07) is 1.76. The van der Waals surface area contributed by atoms with Crippen molar-refractivity contribution in [1.29, 1.82) is 0 Å². The first kappa shape index (κ1) is 15.9. The van der Waals surface area contributed by atoms with E-state index in [0.29, 0.717) is 32.1 Å². The first-order valence-corrected chi connectivity index (χ1v) is 7.19.